The summed E-state index contributed by atoms with van der Waals surface area (Å²) in [6.45, 7) is 5.48. The number of nitrogens with one attached hydrogen (secondary N) is 3. The molecule has 6 nitrogen and oxygen atoms in total. The van der Waals surface area contributed by atoms with Gasteiger partial charge >= 0.3 is 0 Å². The van der Waals surface area contributed by atoms with Gasteiger partial charge in [-0.15, -0.1) is 0 Å². The van der Waals surface area contributed by atoms with Gasteiger partial charge in [-0.05, 0) is 48.5 Å². The number of carbonyl (C=O) groups excluding carboxylic acids is 1. The monoisotopic (exact) mass is 371 g/mol. The minimum absolute atomic E-state index is 0.106. The second-order valence-electron chi connectivity index (χ2n) is 7.11. The van der Waals surface area contributed by atoms with Crippen LogP contribution in [0, 0.1) is 5.41 Å². The number of H-pyrrole nitrogens is 1. The van der Waals surface area contributed by atoms with Crippen LogP contribution >= 0.6 is 0 Å². The summed E-state index contributed by atoms with van der Waals surface area (Å²) in [5.74, 6) is -0.106. The summed E-state index contributed by atoms with van der Waals surface area (Å²) in [7, 11) is -3.69. The van der Waals surface area contributed by atoms with Crippen LogP contribution < -0.4 is 10.0 Å². The molecule has 3 rings (SSSR count). The summed E-state index contributed by atoms with van der Waals surface area (Å²) in [6.07, 6.45) is 1.76. The van der Waals surface area contributed by atoms with Gasteiger partial charge in [0, 0.05) is 33.9 Å². The Morgan fingerprint density at radius 1 is 0.962 bits per heavy atom. The number of hydrogen-bond acceptors (Lipinski definition) is 3. The van der Waals surface area contributed by atoms with Crippen LogP contribution in [0.5, 0.6) is 0 Å². The molecule has 3 N–H and O–H groups in total. The molecule has 0 saturated carbocycles. The maximum absolute atomic E-state index is 12.6. The first kappa shape index (κ1) is 18.0. The van der Waals surface area contributed by atoms with Crippen molar-refractivity contribution in [1.29, 1.82) is 0 Å². The van der Waals surface area contributed by atoms with Crippen LogP contribution in [0.3, 0.4) is 0 Å². The van der Waals surface area contributed by atoms with E-state index in [1.807, 2.05) is 26.8 Å². The number of hydrogen-bond donors (Lipinski definition) is 3. The summed E-state index contributed by atoms with van der Waals surface area (Å²) in [4.78, 5) is 15.2. The number of benzene rings is 2. The van der Waals surface area contributed by atoms with Gasteiger partial charge < -0.3 is 10.3 Å². The van der Waals surface area contributed by atoms with Gasteiger partial charge in [-0.3, -0.25) is 9.52 Å². The van der Waals surface area contributed by atoms with E-state index in [1.165, 1.54) is 0 Å². The van der Waals surface area contributed by atoms with Crippen LogP contribution in [0.2, 0.25) is 0 Å². The number of anilines is 2. The molecular formula is C19H21N3O3S. The van der Waals surface area contributed by atoms with Crippen LogP contribution in [-0.4, -0.2) is 19.3 Å². The largest absolute Gasteiger partial charge is 0.361 e. The molecule has 26 heavy (non-hydrogen) atoms. The fraction of sp³-hybridized carbons (Fsp3) is 0.211. The van der Waals surface area contributed by atoms with E-state index in [0.29, 0.717) is 11.4 Å². The number of rotatable bonds is 4. The van der Waals surface area contributed by atoms with Crippen molar-refractivity contribution in [1.82, 2.24) is 4.98 Å². The predicted octanol–water partition coefficient (Wildman–Crippen LogP) is 3.95. The van der Waals surface area contributed by atoms with E-state index in [1.54, 1.807) is 48.7 Å². The van der Waals surface area contributed by atoms with Gasteiger partial charge in [-0.1, -0.05) is 20.8 Å². The van der Waals surface area contributed by atoms with Crippen molar-refractivity contribution >= 4 is 38.2 Å². The Morgan fingerprint density at radius 3 is 2.27 bits per heavy atom. The average Bonchev–Trinajstić information content (AvgIpc) is 3.03. The summed E-state index contributed by atoms with van der Waals surface area (Å²) in [6, 6.07) is 13.3. The zero-order valence-electron chi connectivity index (χ0n) is 14.8. The van der Waals surface area contributed by atoms with E-state index < -0.39 is 15.4 Å². The second-order valence-corrected chi connectivity index (χ2v) is 8.80. The Morgan fingerprint density at radius 2 is 1.62 bits per heavy atom. The third kappa shape index (κ3) is 3.88. The third-order valence-corrected chi connectivity index (χ3v) is 5.29. The van der Waals surface area contributed by atoms with Crippen molar-refractivity contribution in [2.24, 2.45) is 5.41 Å². The van der Waals surface area contributed by atoms with Crippen LogP contribution in [0.4, 0.5) is 11.4 Å². The van der Waals surface area contributed by atoms with E-state index in [-0.39, 0.29) is 10.8 Å². The van der Waals surface area contributed by atoms with Gasteiger partial charge in [-0.2, -0.15) is 0 Å². The van der Waals surface area contributed by atoms with Gasteiger partial charge in [0.1, 0.15) is 0 Å². The molecule has 0 fully saturated rings. The van der Waals surface area contributed by atoms with E-state index in [4.69, 9.17) is 0 Å². The van der Waals surface area contributed by atoms with Crippen LogP contribution in [-0.2, 0) is 14.8 Å². The highest BCUT2D eigenvalue weighted by Gasteiger charge is 2.21. The highest BCUT2D eigenvalue weighted by atomic mass is 32.2. The predicted molar refractivity (Wildman–Crippen MR) is 104 cm³/mol. The van der Waals surface area contributed by atoms with Gasteiger partial charge in [0.05, 0.1) is 4.90 Å². The van der Waals surface area contributed by atoms with E-state index in [2.05, 4.69) is 15.0 Å². The lowest BCUT2D eigenvalue weighted by Gasteiger charge is -2.17. The Balaban J connectivity index is 1.76. The molecule has 0 aliphatic rings. The Hall–Kier alpha value is -2.80. The van der Waals surface area contributed by atoms with Crippen LogP contribution in [0.15, 0.2) is 59.6 Å². The lowest BCUT2D eigenvalue weighted by atomic mass is 9.95. The van der Waals surface area contributed by atoms with Crippen LogP contribution in [0.1, 0.15) is 20.8 Å². The molecule has 0 atom stereocenters. The highest BCUT2D eigenvalue weighted by molar-refractivity contribution is 7.92. The molecule has 0 aliphatic heterocycles. The molecule has 0 saturated heterocycles. The van der Waals surface area contributed by atoms with Gasteiger partial charge in [-0.25, -0.2) is 8.42 Å². The molecule has 7 heteroatoms. The molecule has 0 spiro atoms. The molecule has 0 bridgehead atoms. The molecular weight excluding hydrogens is 350 g/mol. The third-order valence-electron chi connectivity index (χ3n) is 3.91. The first-order valence-electron chi connectivity index (χ1n) is 8.17. The summed E-state index contributed by atoms with van der Waals surface area (Å²) in [5.41, 5.74) is 1.41. The first-order valence-corrected chi connectivity index (χ1v) is 9.65. The molecule has 0 radical (unpaired) electrons. The van der Waals surface area contributed by atoms with Crippen molar-refractivity contribution in [3.63, 3.8) is 0 Å². The number of fused-ring (bicyclic) bond motifs is 1. The number of carbonyl (C=O) groups is 1. The first-order chi connectivity index (χ1) is 12.1. The van der Waals surface area contributed by atoms with E-state index >= 15 is 0 Å². The minimum Gasteiger partial charge on any atom is -0.361 e. The molecule has 136 valence electrons. The minimum atomic E-state index is -3.69. The average molecular weight is 371 g/mol. The maximum atomic E-state index is 12.6. The lowest BCUT2D eigenvalue weighted by Crippen LogP contribution is -2.27. The standard InChI is InChI=1S/C19H21N3O3S/c1-19(2,3)18(23)21-14-4-6-15(7-5-14)22-26(24,25)16-8-9-17-13(12-16)10-11-20-17/h4-12,20,22H,1-3H3,(H,21,23). The lowest BCUT2D eigenvalue weighted by molar-refractivity contribution is -0.123. The molecule has 2 aromatic carbocycles. The summed E-state index contributed by atoms with van der Waals surface area (Å²) < 4.78 is 27.7. The summed E-state index contributed by atoms with van der Waals surface area (Å²) in [5, 5.41) is 3.63. The number of aromatic nitrogens is 1. The molecule has 0 aliphatic carbocycles. The number of amides is 1. The van der Waals surface area contributed by atoms with E-state index in [9.17, 15) is 13.2 Å². The molecule has 1 aromatic heterocycles. The zero-order valence-corrected chi connectivity index (χ0v) is 15.6. The Labute approximate surface area is 152 Å². The van der Waals surface area contributed by atoms with Crippen molar-refractivity contribution < 1.29 is 13.2 Å². The van der Waals surface area contributed by atoms with Crippen molar-refractivity contribution in [3.05, 3.63) is 54.7 Å². The quantitative estimate of drug-likeness (QED) is 0.648. The van der Waals surface area contributed by atoms with Crippen molar-refractivity contribution in [2.75, 3.05) is 10.0 Å². The molecule has 0 unspecified atom stereocenters. The van der Waals surface area contributed by atoms with Gasteiger partial charge in [0.15, 0.2) is 0 Å². The van der Waals surface area contributed by atoms with Crippen LogP contribution in [0.25, 0.3) is 10.9 Å². The summed E-state index contributed by atoms with van der Waals surface area (Å²) >= 11 is 0. The molecule has 1 amide bonds. The van der Waals surface area contributed by atoms with E-state index in [0.717, 1.165) is 10.9 Å². The fourth-order valence-corrected chi connectivity index (χ4v) is 3.45. The topological polar surface area (TPSA) is 91.1 Å². The molecule has 3 aromatic rings. The Bertz CT molecular complexity index is 1050. The molecule has 1 heterocycles. The van der Waals surface area contributed by atoms with Gasteiger partial charge in [0.2, 0.25) is 5.91 Å². The highest BCUT2D eigenvalue weighted by Crippen LogP contribution is 2.23. The number of sulfonamides is 1. The second kappa shape index (κ2) is 6.49. The van der Waals surface area contributed by atoms with Crippen molar-refractivity contribution in [3.8, 4) is 0 Å². The van der Waals surface area contributed by atoms with Crippen molar-refractivity contribution in [2.45, 2.75) is 25.7 Å². The zero-order chi connectivity index (χ0) is 18.9. The van der Waals surface area contributed by atoms with Gasteiger partial charge in [0.25, 0.3) is 10.0 Å². The normalized spacial score (nSPS) is 12.1. The maximum Gasteiger partial charge on any atom is 0.261 e. The Kier molecular flexibility index (Phi) is 4.50. The SMILES string of the molecule is CC(C)(C)C(=O)Nc1ccc(NS(=O)(=O)c2ccc3[nH]ccc3c2)cc1. The fourth-order valence-electron chi connectivity index (χ4n) is 2.35. The number of aromatic amines is 1. The smallest absolute Gasteiger partial charge is 0.261 e.